The Balaban J connectivity index is 1.61. The summed E-state index contributed by atoms with van der Waals surface area (Å²) in [7, 11) is 1.63. The van der Waals surface area contributed by atoms with Gasteiger partial charge in [-0.15, -0.1) is 11.8 Å². The topological polar surface area (TPSA) is 67.4 Å². The van der Waals surface area contributed by atoms with Crippen LogP contribution in [0.5, 0.6) is 5.75 Å². The van der Waals surface area contributed by atoms with Gasteiger partial charge in [0.05, 0.1) is 18.6 Å². The summed E-state index contributed by atoms with van der Waals surface area (Å²) in [5.74, 6) is 1.17. The summed E-state index contributed by atoms with van der Waals surface area (Å²) in [6, 6.07) is 15.4. The number of benzene rings is 2. The van der Waals surface area contributed by atoms with Gasteiger partial charge in [-0.05, 0) is 42.7 Å². The van der Waals surface area contributed by atoms with E-state index in [1.807, 2.05) is 55.5 Å². The van der Waals surface area contributed by atoms with Gasteiger partial charge in [-0.3, -0.25) is 9.59 Å². The van der Waals surface area contributed by atoms with E-state index in [1.165, 1.54) is 11.8 Å². The van der Waals surface area contributed by atoms with Crippen molar-refractivity contribution in [2.45, 2.75) is 13.3 Å². The van der Waals surface area contributed by atoms with Gasteiger partial charge in [-0.25, -0.2) is 0 Å². The van der Waals surface area contributed by atoms with Crippen LogP contribution in [0, 0.1) is 6.92 Å². The zero-order valence-electron chi connectivity index (χ0n) is 15.1. The maximum absolute atomic E-state index is 11.9. The van der Waals surface area contributed by atoms with E-state index in [2.05, 4.69) is 10.6 Å². The molecule has 2 aromatic rings. The molecule has 2 aromatic carbocycles. The van der Waals surface area contributed by atoms with Crippen molar-refractivity contribution in [1.29, 1.82) is 0 Å². The summed E-state index contributed by atoms with van der Waals surface area (Å²) in [6.45, 7) is 2.51. The summed E-state index contributed by atoms with van der Waals surface area (Å²) < 4.78 is 5.11. The molecule has 0 fully saturated rings. The second-order valence-corrected chi connectivity index (χ2v) is 6.79. The van der Waals surface area contributed by atoms with E-state index < -0.39 is 0 Å². The van der Waals surface area contributed by atoms with Gasteiger partial charge in [0.2, 0.25) is 11.8 Å². The van der Waals surface area contributed by atoms with Crippen LogP contribution < -0.4 is 15.4 Å². The molecule has 0 heterocycles. The van der Waals surface area contributed by atoms with E-state index in [0.29, 0.717) is 6.54 Å². The van der Waals surface area contributed by atoms with Gasteiger partial charge in [0, 0.05) is 12.2 Å². The summed E-state index contributed by atoms with van der Waals surface area (Å²) in [6.07, 6.45) is 0.758. The fourth-order valence-electron chi connectivity index (χ4n) is 2.33. The Kier molecular flexibility index (Phi) is 8.02. The largest absolute Gasteiger partial charge is 0.497 e. The third-order valence-electron chi connectivity index (χ3n) is 3.78. The predicted octanol–water partition coefficient (Wildman–Crippen LogP) is 3.03. The van der Waals surface area contributed by atoms with Crippen LogP contribution in [0.1, 0.15) is 11.1 Å². The molecule has 0 bridgehead atoms. The normalized spacial score (nSPS) is 10.2. The number of hydrogen-bond donors (Lipinski definition) is 2. The molecule has 0 saturated heterocycles. The fourth-order valence-corrected chi connectivity index (χ4v) is 2.97. The highest BCUT2D eigenvalue weighted by Gasteiger charge is 2.07. The van der Waals surface area contributed by atoms with Crippen LogP contribution in [0.15, 0.2) is 48.5 Å². The van der Waals surface area contributed by atoms with Gasteiger partial charge in [0.1, 0.15) is 5.75 Å². The molecule has 6 heteroatoms. The van der Waals surface area contributed by atoms with Crippen molar-refractivity contribution in [3.8, 4) is 5.75 Å². The first-order valence-electron chi connectivity index (χ1n) is 8.41. The molecule has 0 atom stereocenters. The van der Waals surface area contributed by atoms with Crippen LogP contribution in [-0.2, 0) is 16.0 Å². The number of nitrogens with one attached hydrogen (secondary N) is 2. The highest BCUT2D eigenvalue weighted by molar-refractivity contribution is 8.00. The molecule has 0 aromatic heterocycles. The summed E-state index contributed by atoms with van der Waals surface area (Å²) in [5, 5.41) is 5.73. The zero-order valence-corrected chi connectivity index (χ0v) is 15.9. The van der Waals surface area contributed by atoms with Gasteiger partial charge in [-0.2, -0.15) is 0 Å². The quantitative estimate of drug-likeness (QED) is 0.710. The van der Waals surface area contributed by atoms with Gasteiger partial charge < -0.3 is 15.4 Å². The molecule has 26 heavy (non-hydrogen) atoms. The molecule has 0 aliphatic rings. The maximum Gasteiger partial charge on any atom is 0.234 e. The summed E-state index contributed by atoms with van der Waals surface area (Å²) in [4.78, 5) is 23.8. The number of anilines is 1. The van der Waals surface area contributed by atoms with Crippen molar-refractivity contribution in [2.75, 3.05) is 30.5 Å². The van der Waals surface area contributed by atoms with Crippen molar-refractivity contribution < 1.29 is 14.3 Å². The van der Waals surface area contributed by atoms with Crippen molar-refractivity contribution in [3.05, 3.63) is 59.7 Å². The third-order valence-corrected chi connectivity index (χ3v) is 4.71. The van der Waals surface area contributed by atoms with Gasteiger partial charge in [0.25, 0.3) is 0 Å². The van der Waals surface area contributed by atoms with Crippen LogP contribution in [0.25, 0.3) is 0 Å². The van der Waals surface area contributed by atoms with E-state index in [1.54, 1.807) is 7.11 Å². The lowest BCUT2D eigenvalue weighted by Crippen LogP contribution is -2.28. The molecule has 2 rings (SSSR count). The van der Waals surface area contributed by atoms with Gasteiger partial charge in [0.15, 0.2) is 0 Å². The zero-order chi connectivity index (χ0) is 18.8. The number of ether oxygens (including phenoxy) is 1. The third kappa shape index (κ3) is 6.80. The first kappa shape index (κ1) is 19.8. The van der Waals surface area contributed by atoms with E-state index in [-0.39, 0.29) is 23.3 Å². The first-order chi connectivity index (χ1) is 12.6. The highest BCUT2D eigenvalue weighted by atomic mass is 32.2. The maximum atomic E-state index is 11.9. The van der Waals surface area contributed by atoms with Crippen molar-refractivity contribution >= 4 is 29.3 Å². The van der Waals surface area contributed by atoms with Crippen LogP contribution >= 0.6 is 11.8 Å². The van der Waals surface area contributed by atoms with Crippen LogP contribution in [0.3, 0.4) is 0 Å². The summed E-state index contributed by atoms with van der Waals surface area (Å²) in [5.41, 5.74) is 2.96. The Bertz CT molecular complexity index is 732. The minimum absolute atomic E-state index is 0.0628. The molecule has 0 radical (unpaired) electrons. The number of aryl methyl sites for hydroxylation is 1. The van der Waals surface area contributed by atoms with Crippen molar-refractivity contribution in [1.82, 2.24) is 5.32 Å². The smallest absolute Gasteiger partial charge is 0.234 e. The second kappa shape index (κ2) is 10.5. The van der Waals surface area contributed by atoms with Gasteiger partial charge >= 0.3 is 0 Å². The van der Waals surface area contributed by atoms with Crippen molar-refractivity contribution in [2.24, 2.45) is 0 Å². The Labute approximate surface area is 158 Å². The average Bonchev–Trinajstić information content (AvgIpc) is 2.64. The Morgan fingerprint density at radius 2 is 1.69 bits per heavy atom. The van der Waals surface area contributed by atoms with E-state index in [4.69, 9.17) is 4.74 Å². The minimum atomic E-state index is -0.102. The van der Waals surface area contributed by atoms with E-state index in [9.17, 15) is 9.59 Å². The number of methoxy groups -OCH3 is 1. The molecule has 2 amide bonds. The number of carbonyl (C=O) groups is 2. The van der Waals surface area contributed by atoms with E-state index >= 15 is 0 Å². The molecule has 5 nitrogen and oxygen atoms in total. The van der Waals surface area contributed by atoms with Crippen molar-refractivity contribution in [3.63, 3.8) is 0 Å². The number of amides is 2. The second-order valence-electron chi connectivity index (χ2n) is 5.80. The molecule has 0 spiro atoms. The number of rotatable bonds is 9. The SMILES string of the molecule is COc1ccc(CCNC(=O)CSCC(=O)Nc2ccccc2C)cc1. The lowest BCUT2D eigenvalue weighted by atomic mass is 10.1. The monoisotopic (exact) mass is 372 g/mol. The first-order valence-corrected chi connectivity index (χ1v) is 9.57. The number of carbonyl (C=O) groups excluding carboxylic acids is 2. The molecule has 2 N–H and O–H groups in total. The van der Waals surface area contributed by atoms with Crippen LogP contribution in [-0.4, -0.2) is 37.0 Å². The van der Waals surface area contributed by atoms with Crippen LogP contribution in [0.4, 0.5) is 5.69 Å². The molecule has 0 unspecified atom stereocenters. The summed E-state index contributed by atoms with van der Waals surface area (Å²) >= 11 is 1.31. The lowest BCUT2D eigenvalue weighted by Gasteiger charge is -2.08. The Morgan fingerprint density at radius 3 is 2.38 bits per heavy atom. The molecule has 0 saturated carbocycles. The van der Waals surface area contributed by atoms with Crippen LogP contribution in [0.2, 0.25) is 0 Å². The average molecular weight is 372 g/mol. The van der Waals surface area contributed by atoms with E-state index in [0.717, 1.165) is 29.0 Å². The van der Waals surface area contributed by atoms with Gasteiger partial charge in [-0.1, -0.05) is 30.3 Å². The number of para-hydroxylation sites is 1. The molecule has 0 aliphatic heterocycles. The molecular weight excluding hydrogens is 348 g/mol. The Hall–Kier alpha value is -2.47. The minimum Gasteiger partial charge on any atom is -0.497 e. The fraction of sp³-hybridized carbons (Fsp3) is 0.300. The highest BCUT2D eigenvalue weighted by Crippen LogP contribution is 2.14. The standard InChI is InChI=1S/C20H24N2O3S/c1-15-5-3-4-6-18(15)22-20(24)14-26-13-19(23)21-12-11-16-7-9-17(25-2)10-8-16/h3-10H,11-14H2,1-2H3,(H,21,23)(H,22,24). The molecule has 138 valence electrons. The Morgan fingerprint density at radius 1 is 1.00 bits per heavy atom. The molecule has 0 aliphatic carbocycles. The lowest BCUT2D eigenvalue weighted by molar-refractivity contribution is -0.118. The predicted molar refractivity (Wildman–Crippen MR) is 107 cm³/mol. The number of thioether (sulfide) groups is 1. The number of hydrogen-bond acceptors (Lipinski definition) is 4. The molecular formula is C20H24N2O3S.